The number of benzene rings is 3. The van der Waals surface area contributed by atoms with Crippen molar-refractivity contribution in [1.29, 1.82) is 5.26 Å². The van der Waals surface area contributed by atoms with Crippen LogP contribution in [0, 0.1) is 11.3 Å². The van der Waals surface area contributed by atoms with Gasteiger partial charge in [0.15, 0.2) is 0 Å². The standard InChI is InChI=1S/C17H12N4O3S/c18-10-11-5-1-4-8-14(11)20-21-15-9-16(25(22,23)24)12-6-2-3-7-13(12)17(15)19/h1-9H,19H2,(H,22,23,24). The molecule has 0 amide bonds. The lowest BCUT2D eigenvalue weighted by molar-refractivity contribution is 0.484. The second-order valence-corrected chi connectivity index (χ2v) is 6.55. The SMILES string of the molecule is N#Cc1ccccc1N=Nc1cc(S(=O)(=O)O)c2ccccc2c1N. The Kier molecular flexibility index (Phi) is 4.19. The number of nitrogen functional groups attached to an aromatic ring is 1. The highest BCUT2D eigenvalue weighted by Crippen LogP contribution is 2.36. The van der Waals surface area contributed by atoms with Crippen LogP contribution in [0.4, 0.5) is 17.1 Å². The predicted molar refractivity (Wildman–Crippen MR) is 93.5 cm³/mol. The van der Waals surface area contributed by atoms with Gasteiger partial charge in [-0.3, -0.25) is 4.55 Å². The van der Waals surface area contributed by atoms with Crippen LogP contribution in [0.3, 0.4) is 0 Å². The summed E-state index contributed by atoms with van der Waals surface area (Å²) in [6, 6.07) is 16.2. The number of hydrogen-bond donors (Lipinski definition) is 2. The molecule has 0 heterocycles. The van der Waals surface area contributed by atoms with Crippen molar-refractivity contribution in [2.75, 3.05) is 5.73 Å². The molecule has 0 spiro atoms. The highest BCUT2D eigenvalue weighted by atomic mass is 32.2. The number of nitrogens with zero attached hydrogens (tertiary/aromatic N) is 3. The van der Waals surface area contributed by atoms with Gasteiger partial charge < -0.3 is 5.73 Å². The van der Waals surface area contributed by atoms with Crippen molar-refractivity contribution in [3.05, 3.63) is 60.2 Å². The first-order valence-electron chi connectivity index (χ1n) is 7.11. The first kappa shape index (κ1) is 16.6. The number of nitriles is 1. The Bertz CT molecular complexity index is 1150. The molecule has 25 heavy (non-hydrogen) atoms. The topological polar surface area (TPSA) is 129 Å². The van der Waals surface area contributed by atoms with Crippen LogP contribution in [0.5, 0.6) is 0 Å². The molecule has 3 rings (SSSR count). The normalized spacial score (nSPS) is 11.7. The van der Waals surface area contributed by atoms with Gasteiger partial charge in [-0.1, -0.05) is 36.4 Å². The summed E-state index contributed by atoms with van der Waals surface area (Å²) in [5, 5.41) is 17.8. The van der Waals surface area contributed by atoms with Crippen LogP contribution < -0.4 is 5.73 Å². The first-order valence-corrected chi connectivity index (χ1v) is 8.55. The minimum atomic E-state index is -4.47. The molecular formula is C17H12N4O3S. The molecule has 0 aromatic heterocycles. The van der Waals surface area contributed by atoms with Crippen LogP contribution in [0.15, 0.2) is 69.7 Å². The van der Waals surface area contributed by atoms with Crippen molar-refractivity contribution >= 4 is 38.0 Å². The average molecular weight is 352 g/mol. The molecule has 0 unspecified atom stereocenters. The lowest BCUT2D eigenvalue weighted by Crippen LogP contribution is -2.01. The summed E-state index contributed by atoms with van der Waals surface area (Å²) in [6.07, 6.45) is 0. The first-order chi connectivity index (χ1) is 11.9. The maximum absolute atomic E-state index is 11.7. The third-order valence-corrected chi connectivity index (χ3v) is 4.49. The number of hydrogen-bond acceptors (Lipinski definition) is 6. The maximum atomic E-state index is 11.7. The molecule has 3 N–H and O–H groups in total. The summed E-state index contributed by atoms with van der Waals surface area (Å²) >= 11 is 0. The molecule has 124 valence electrons. The summed E-state index contributed by atoms with van der Waals surface area (Å²) in [4.78, 5) is -0.306. The molecule has 7 nitrogen and oxygen atoms in total. The van der Waals surface area contributed by atoms with E-state index in [0.29, 0.717) is 22.0 Å². The molecule has 0 saturated carbocycles. The second kappa shape index (κ2) is 6.32. The fraction of sp³-hybridized carbons (Fsp3) is 0. The van der Waals surface area contributed by atoms with Gasteiger partial charge in [-0.15, -0.1) is 10.2 Å². The Labute approximate surface area is 143 Å². The van der Waals surface area contributed by atoms with Crippen LogP contribution >= 0.6 is 0 Å². The van der Waals surface area contributed by atoms with E-state index in [1.54, 1.807) is 48.5 Å². The van der Waals surface area contributed by atoms with Crippen molar-refractivity contribution in [2.24, 2.45) is 10.2 Å². The Morgan fingerprint density at radius 3 is 2.24 bits per heavy atom. The summed E-state index contributed by atoms with van der Waals surface area (Å²) in [6.45, 7) is 0. The monoisotopic (exact) mass is 352 g/mol. The molecule has 0 fully saturated rings. The summed E-state index contributed by atoms with van der Waals surface area (Å²) < 4.78 is 32.9. The fourth-order valence-electron chi connectivity index (χ4n) is 2.41. The maximum Gasteiger partial charge on any atom is 0.295 e. The minimum absolute atomic E-state index is 0.0825. The Hall–Kier alpha value is -3.28. The zero-order chi connectivity index (χ0) is 18.0. The number of azo groups is 1. The van der Waals surface area contributed by atoms with Crippen LogP contribution in [-0.4, -0.2) is 13.0 Å². The van der Waals surface area contributed by atoms with Gasteiger partial charge in [0.1, 0.15) is 22.3 Å². The highest BCUT2D eigenvalue weighted by Gasteiger charge is 2.18. The summed E-state index contributed by atoms with van der Waals surface area (Å²) in [5.74, 6) is 0. The number of anilines is 1. The Morgan fingerprint density at radius 2 is 1.56 bits per heavy atom. The second-order valence-electron chi connectivity index (χ2n) is 5.16. The van der Waals surface area contributed by atoms with E-state index in [4.69, 9.17) is 11.0 Å². The summed E-state index contributed by atoms with van der Waals surface area (Å²) in [7, 11) is -4.47. The van der Waals surface area contributed by atoms with E-state index in [2.05, 4.69) is 10.2 Å². The van der Waals surface area contributed by atoms with E-state index in [9.17, 15) is 13.0 Å². The van der Waals surface area contributed by atoms with Gasteiger partial charge in [-0.25, -0.2) is 0 Å². The van der Waals surface area contributed by atoms with E-state index in [0.717, 1.165) is 6.07 Å². The molecule has 0 aliphatic carbocycles. The molecule has 0 bridgehead atoms. The zero-order valence-electron chi connectivity index (χ0n) is 12.8. The van der Waals surface area contributed by atoms with Gasteiger partial charge in [0, 0.05) is 10.8 Å². The Balaban J connectivity index is 2.22. The van der Waals surface area contributed by atoms with Crippen molar-refractivity contribution < 1.29 is 13.0 Å². The summed E-state index contributed by atoms with van der Waals surface area (Å²) in [5.41, 5.74) is 7.02. The van der Waals surface area contributed by atoms with Crippen LogP contribution in [0.25, 0.3) is 10.8 Å². The quantitative estimate of drug-likeness (QED) is 0.419. The van der Waals surface area contributed by atoms with E-state index < -0.39 is 10.1 Å². The minimum Gasteiger partial charge on any atom is -0.396 e. The van der Waals surface area contributed by atoms with Crippen molar-refractivity contribution in [1.82, 2.24) is 0 Å². The third kappa shape index (κ3) is 3.19. The van der Waals surface area contributed by atoms with Crippen LogP contribution in [-0.2, 0) is 10.1 Å². The predicted octanol–water partition coefficient (Wildman–Crippen LogP) is 3.96. The van der Waals surface area contributed by atoms with Gasteiger partial charge >= 0.3 is 0 Å². The molecule has 0 aliphatic rings. The molecule has 0 saturated heterocycles. The molecular weight excluding hydrogens is 340 g/mol. The smallest absolute Gasteiger partial charge is 0.295 e. The van der Waals surface area contributed by atoms with E-state index in [1.807, 2.05) is 6.07 Å². The van der Waals surface area contributed by atoms with E-state index in [1.165, 1.54) is 0 Å². The van der Waals surface area contributed by atoms with Gasteiger partial charge in [-0.05, 0) is 18.2 Å². The lowest BCUT2D eigenvalue weighted by Gasteiger charge is -2.09. The van der Waals surface area contributed by atoms with Gasteiger partial charge in [0.05, 0.1) is 11.3 Å². The van der Waals surface area contributed by atoms with Crippen molar-refractivity contribution in [3.8, 4) is 6.07 Å². The molecule has 0 aliphatic heterocycles. The molecule has 8 heteroatoms. The van der Waals surface area contributed by atoms with Gasteiger partial charge in [0.2, 0.25) is 0 Å². The zero-order valence-corrected chi connectivity index (χ0v) is 13.6. The van der Waals surface area contributed by atoms with Crippen molar-refractivity contribution in [3.63, 3.8) is 0 Å². The number of fused-ring (bicyclic) bond motifs is 1. The van der Waals surface area contributed by atoms with Crippen LogP contribution in [0.1, 0.15) is 5.56 Å². The van der Waals surface area contributed by atoms with E-state index >= 15 is 0 Å². The number of rotatable bonds is 3. The average Bonchev–Trinajstić information content (AvgIpc) is 2.60. The molecule has 0 atom stereocenters. The molecule has 3 aromatic rings. The molecule has 0 radical (unpaired) electrons. The number of nitrogens with two attached hydrogens (primary N) is 1. The largest absolute Gasteiger partial charge is 0.396 e. The Morgan fingerprint density at radius 1 is 0.960 bits per heavy atom. The highest BCUT2D eigenvalue weighted by molar-refractivity contribution is 7.86. The molecule has 3 aromatic carbocycles. The third-order valence-electron chi connectivity index (χ3n) is 3.59. The fourth-order valence-corrected chi connectivity index (χ4v) is 3.13. The van der Waals surface area contributed by atoms with Gasteiger partial charge in [0.25, 0.3) is 10.1 Å². The van der Waals surface area contributed by atoms with Crippen molar-refractivity contribution in [2.45, 2.75) is 4.90 Å². The van der Waals surface area contributed by atoms with Gasteiger partial charge in [-0.2, -0.15) is 13.7 Å². The van der Waals surface area contributed by atoms with E-state index in [-0.39, 0.29) is 16.3 Å². The van der Waals surface area contributed by atoms with Crippen LogP contribution in [0.2, 0.25) is 0 Å². The lowest BCUT2D eigenvalue weighted by atomic mass is 10.1.